The Balaban J connectivity index is 1.96. The van der Waals surface area contributed by atoms with Crippen LogP contribution in [0.1, 0.15) is 18.4 Å². The smallest absolute Gasteiger partial charge is 0.270 e. The number of hydrogen-bond donors (Lipinski definition) is 1. The van der Waals surface area contributed by atoms with Crippen molar-refractivity contribution in [2.24, 2.45) is 0 Å². The van der Waals surface area contributed by atoms with Crippen LogP contribution in [-0.4, -0.2) is 30.7 Å². The normalized spacial score (nSPS) is 15.1. The van der Waals surface area contributed by atoms with Crippen LogP contribution in [0.5, 0.6) is 0 Å². The maximum absolute atomic E-state index is 13.8. The van der Waals surface area contributed by atoms with Crippen molar-refractivity contribution >= 4 is 21.4 Å². The second-order valence-electron chi connectivity index (χ2n) is 5.99. The lowest BCUT2D eigenvalue weighted by molar-refractivity contribution is -0.385. The fourth-order valence-corrected chi connectivity index (χ4v) is 4.59. The van der Waals surface area contributed by atoms with Gasteiger partial charge in [-0.05, 0) is 25.0 Å². The summed E-state index contributed by atoms with van der Waals surface area (Å²) in [4.78, 5) is 10.3. The molecule has 0 amide bonds. The number of anilines is 1. The number of halogens is 1. The fraction of sp³-hybridized carbons (Fsp3) is 0.294. The third-order valence-corrected chi connectivity index (χ3v) is 6.22. The summed E-state index contributed by atoms with van der Waals surface area (Å²) in [7, 11) is -3.87. The van der Waals surface area contributed by atoms with Crippen LogP contribution < -0.4 is 5.32 Å². The Morgan fingerprint density at radius 3 is 2.50 bits per heavy atom. The van der Waals surface area contributed by atoms with Gasteiger partial charge >= 0.3 is 0 Å². The standard InChI is InChI=1S/C17H18FN3O4S/c18-15-6-2-1-5-13(15)12-19-16-8-7-14(21(22)23)11-17(16)26(24,25)20-9-3-4-10-20/h1-2,5-8,11,19H,3-4,9-10,12H2. The summed E-state index contributed by atoms with van der Waals surface area (Å²) in [6, 6.07) is 9.77. The minimum atomic E-state index is -3.87. The zero-order chi connectivity index (χ0) is 18.7. The molecule has 26 heavy (non-hydrogen) atoms. The summed E-state index contributed by atoms with van der Waals surface area (Å²) in [6.45, 7) is 0.836. The molecule has 1 heterocycles. The Hall–Kier alpha value is -2.52. The van der Waals surface area contributed by atoms with Gasteiger partial charge in [0.15, 0.2) is 0 Å². The maximum Gasteiger partial charge on any atom is 0.270 e. The van der Waals surface area contributed by atoms with Crippen LogP contribution >= 0.6 is 0 Å². The first-order valence-electron chi connectivity index (χ1n) is 8.15. The number of nitrogens with one attached hydrogen (secondary N) is 1. The molecule has 1 saturated heterocycles. The van der Waals surface area contributed by atoms with Crippen LogP contribution in [0.4, 0.5) is 15.8 Å². The van der Waals surface area contributed by atoms with Gasteiger partial charge in [0.2, 0.25) is 10.0 Å². The second kappa shape index (κ2) is 7.38. The van der Waals surface area contributed by atoms with Crippen molar-refractivity contribution in [1.29, 1.82) is 0 Å². The average molecular weight is 379 g/mol. The summed E-state index contributed by atoms with van der Waals surface area (Å²) in [6.07, 6.45) is 1.51. The van der Waals surface area contributed by atoms with Crippen molar-refractivity contribution in [1.82, 2.24) is 4.31 Å². The zero-order valence-corrected chi connectivity index (χ0v) is 14.7. The summed E-state index contributed by atoms with van der Waals surface area (Å²) in [5.41, 5.74) is 0.278. The second-order valence-corrected chi connectivity index (χ2v) is 7.90. The van der Waals surface area contributed by atoms with E-state index in [0.29, 0.717) is 18.7 Å². The first-order chi connectivity index (χ1) is 12.4. The lowest BCUT2D eigenvalue weighted by Crippen LogP contribution is -2.28. The highest BCUT2D eigenvalue weighted by molar-refractivity contribution is 7.89. The van der Waals surface area contributed by atoms with Crippen molar-refractivity contribution in [3.63, 3.8) is 0 Å². The molecule has 1 aliphatic rings. The van der Waals surface area contributed by atoms with E-state index in [2.05, 4.69) is 5.32 Å². The molecule has 0 spiro atoms. The van der Waals surface area contributed by atoms with E-state index in [1.165, 1.54) is 22.5 Å². The van der Waals surface area contributed by atoms with Gasteiger partial charge in [-0.15, -0.1) is 0 Å². The van der Waals surface area contributed by atoms with Gasteiger partial charge in [0.05, 0.1) is 10.6 Å². The highest BCUT2D eigenvalue weighted by Gasteiger charge is 2.31. The molecule has 1 fully saturated rings. The molecule has 2 aromatic rings. The molecule has 0 radical (unpaired) electrons. The van der Waals surface area contributed by atoms with Gasteiger partial charge in [-0.2, -0.15) is 4.31 Å². The van der Waals surface area contributed by atoms with E-state index in [9.17, 15) is 22.9 Å². The number of rotatable bonds is 6. The fourth-order valence-electron chi connectivity index (χ4n) is 2.88. The van der Waals surface area contributed by atoms with Crippen LogP contribution in [0.15, 0.2) is 47.4 Å². The molecule has 1 aliphatic heterocycles. The topological polar surface area (TPSA) is 92.5 Å². The van der Waals surface area contributed by atoms with E-state index < -0.39 is 20.8 Å². The Bertz CT molecular complexity index is 927. The van der Waals surface area contributed by atoms with Crippen LogP contribution in [-0.2, 0) is 16.6 Å². The molecular weight excluding hydrogens is 361 g/mol. The SMILES string of the molecule is O=[N+]([O-])c1ccc(NCc2ccccc2F)c(S(=O)(=O)N2CCCC2)c1. The highest BCUT2D eigenvalue weighted by atomic mass is 32.2. The Morgan fingerprint density at radius 2 is 1.85 bits per heavy atom. The zero-order valence-electron chi connectivity index (χ0n) is 13.9. The first kappa shape index (κ1) is 18.3. The van der Waals surface area contributed by atoms with E-state index in [0.717, 1.165) is 18.9 Å². The summed E-state index contributed by atoms with van der Waals surface area (Å²) >= 11 is 0. The maximum atomic E-state index is 13.8. The van der Waals surface area contributed by atoms with Gasteiger partial charge in [-0.1, -0.05) is 18.2 Å². The number of benzene rings is 2. The summed E-state index contributed by atoms with van der Waals surface area (Å²) < 4.78 is 40.9. The molecule has 9 heteroatoms. The van der Waals surface area contributed by atoms with Crippen molar-refractivity contribution in [2.75, 3.05) is 18.4 Å². The lowest BCUT2D eigenvalue weighted by Gasteiger charge is -2.19. The molecule has 138 valence electrons. The van der Waals surface area contributed by atoms with Gasteiger partial charge in [0, 0.05) is 37.3 Å². The van der Waals surface area contributed by atoms with Gasteiger partial charge in [-0.3, -0.25) is 10.1 Å². The molecule has 2 aromatic carbocycles. The van der Waals surface area contributed by atoms with Crippen LogP contribution in [0.2, 0.25) is 0 Å². The Morgan fingerprint density at radius 1 is 1.15 bits per heavy atom. The number of sulfonamides is 1. The van der Waals surface area contributed by atoms with Gasteiger partial charge < -0.3 is 5.32 Å². The molecule has 3 rings (SSSR count). The number of nitro benzene ring substituents is 1. The van der Waals surface area contributed by atoms with Gasteiger partial charge in [-0.25, -0.2) is 12.8 Å². The first-order valence-corrected chi connectivity index (χ1v) is 9.59. The van der Waals surface area contributed by atoms with E-state index in [1.807, 2.05) is 0 Å². The van der Waals surface area contributed by atoms with Crippen molar-refractivity contribution < 1.29 is 17.7 Å². The highest BCUT2D eigenvalue weighted by Crippen LogP contribution is 2.31. The van der Waals surface area contributed by atoms with Crippen molar-refractivity contribution in [3.05, 3.63) is 64.0 Å². The minimum absolute atomic E-state index is 0.0625. The monoisotopic (exact) mass is 379 g/mol. The van der Waals surface area contributed by atoms with Crippen molar-refractivity contribution in [3.8, 4) is 0 Å². The molecule has 7 nitrogen and oxygen atoms in total. The molecule has 0 atom stereocenters. The third-order valence-electron chi connectivity index (χ3n) is 4.29. The molecular formula is C17H18FN3O4S. The van der Waals surface area contributed by atoms with Gasteiger partial charge in [0.25, 0.3) is 5.69 Å². The summed E-state index contributed by atoms with van der Waals surface area (Å²) in [5.74, 6) is -0.411. The van der Waals surface area contributed by atoms with Crippen LogP contribution in [0.25, 0.3) is 0 Å². The van der Waals surface area contributed by atoms with Gasteiger partial charge in [0.1, 0.15) is 10.7 Å². The van der Waals surface area contributed by atoms with Crippen molar-refractivity contribution in [2.45, 2.75) is 24.3 Å². The predicted molar refractivity (Wildman–Crippen MR) is 94.8 cm³/mol. The quantitative estimate of drug-likeness (QED) is 0.615. The molecule has 0 saturated carbocycles. The largest absolute Gasteiger partial charge is 0.380 e. The molecule has 0 aromatic heterocycles. The Labute approximate surface area is 150 Å². The predicted octanol–water partition coefficient (Wildman–Crippen LogP) is 3.13. The van der Waals surface area contributed by atoms with Crippen LogP contribution in [0, 0.1) is 15.9 Å². The molecule has 1 N–H and O–H groups in total. The lowest BCUT2D eigenvalue weighted by atomic mass is 10.2. The number of nitrogens with zero attached hydrogens (tertiary/aromatic N) is 2. The van der Waals surface area contributed by atoms with E-state index in [4.69, 9.17) is 0 Å². The molecule has 0 aliphatic carbocycles. The molecule has 0 unspecified atom stereocenters. The summed E-state index contributed by atoms with van der Waals surface area (Å²) in [5, 5.41) is 14.0. The average Bonchev–Trinajstić information content (AvgIpc) is 3.16. The number of non-ortho nitro benzene ring substituents is 1. The number of nitro groups is 1. The molecule has 0 bridgehead atoms. The number of hydrogen-bond acceptors (Lipinski definition) is 5. The van der Waals surface area contributed by atoms with E-state index in [1.54, 1.807) is 18.2 Å². The van der Waals surface area contributed by atoms with E-state index in [-0.39, 0.29) is 22.8 Å². The Kier molecular flexibility index (Phi) is 5.19. The van der Waals surface area contributed by atoms with E-state index >= 15 is 0 Å². The van der Waals surface area contributed by atoms with Crippen LogP contribution in [0.3, 0.4) is 0 Å². The third kappa shape index (κ3) is 3.68. The minimum Gasteiger partial charge on any atom is -0.380 e.